The summed E-state index contributed by atoms with van der Waals surface area (Å²) in [6, 6.07) is 7.62. The third-order valence-corrected chi connectivity index (χ3v) is 3.96. The summed E-state index contributed by atoms with van der Waals surface area (Å²) in [5.41, 5.74) is 0.921. The van der Waals surface area contributed by atoms with Crippen LogP contribution in [-0.2, 0) is 4.79 Å². The van der Waals surface area contributed by atoms with Gasteiger partial charge in [-0.1, -0.05) is 24.8 Å². The molecule has 2 rings (SSSR count). The molecule has 0 aromatic heterocycles. The molecule has 0 spiro atoms. The Morgan fingerprint density at radius 2 is 2.18 bits per heavy atom. The van der Waals surface area contributed by atoms with Crippen LogP contribution in [0.1, 0.15) is 25.3 Å². The Bertz CT molecular complexity index is 582. The molecule has 1 N–H and O–H groups in total. The second-order valence-electron chi connectivity index (χ2n) is 4.69. The van der Waals surface area contributed by atoms with Crippen LogP contribution in [-0.4, -0.2) is 29.1 Å². The standard InChI is InChI=1S/C16H19N3O2S/c1-3-5-14-15(20)18-16(22-14)19-17-11-12-6-8-13(9-7-12)21-10-4-2/h3,6-9,11,14H,1,4-5,10H2,2H3,(H,18,19,20)/b17-11+/t14-/m0/s1. The van der Waals surface area contributed by atoms with Crippen LogP contribution in [0.5, 0.6) is 5.75 Å². The van der Waals surface area contributed by atoms with Crippen molar-refractivity contribution in [2.45, 2.75) is 25.0 Å². The lowest BCUT2D eigenvalue weighted by Gasteiger charge is -2.03. The Kier molecular flexibility index (Phi) is 6.21. The van der Waals surface area contributed by atoms with E-state index in [1.165, 1.54) is 11.8 Å². The van der Waals surface area contributed by atoms with Crippen LogP contribution in [0.4, 0.5) is 0 Å². The van der Waals surface area contributed by atoms with E-state index in [0.717, 1.165) is 17.7 Å². The van der Waals surface area contributed by atoms with Crippen molar-refractivity contribution in [2.75, 3.05) is 6.61 Å². The number of allylic oxidation sites excluding steroid dienone is 1. The van der Waals surface area contributed by atoms with Crippen molar-refractivity contribution in [2.24, 2.45) is 10.2 Å². The molecular weight excluding hydrogens is 298 g/mol. The molecule has 5 nitrogen and oxygen atoms in total. The molecule has 1 aliphatic heterocycles. The fourth-order valence-electron chi connectivity index (χ4n) is 1.78. The van der Waals surface area contributed by atoms with E-state index in [0.29, 0.717) is 18.2 Å². The molecule has 1 atom stereocenters. The molecule has 22 heavy (non-hydrogen) atoms. The monoisotopic (exact) mass is 317 g/mol. The molecule has 1 aromatic carbocycles. The molecule has 0 aliphatic carbocycles. The van der Waals surface area contributed by atoms with E-state index < -0.39 is 0 Å². The smallest absolute Gasteiger partial charge is 0.239 e. The van der Waals surface area contributed by atoms with E-state index in [1.807, 2.05) is 24.3 Å². The maximum absolute atomic E-state index is 11.6. The normalized spacial score (nSPS) is 19.6. The highest BCUT2D eigenvalue weighted by molar-refractivity contribution is 8.15. The first-order chi connectivity index (χ1) is 10.7. The lowest BCUT2D eigenvalue weighted by Crippen LogP contribution is -2.24. The van der Waals surface area contributed by atoms with Crippen LogP contribution in [0, 0.1) is 0 Å². The van der Waals surface area contributed by atoms with Crippen LogP contribution in [0.25, 0.3) is 0 Å². The molecule has 116 valence electrons. The van der Waals surface area contributed by atoms with Crippen LogP contribution < -0.4 is 10.1 Å². The Morgan fingerprint density at radius 3 is 2.86 bits per heavy atom. The first-order valence-electron chi connectivity index (χ1n) is 7.15. The van der Waals surface area contributed by atoms with Crippen molar-refractivity contribution in [3.8, 4) is 5.75 Å². The van der Waals surface area contributed by atoms with Gasteiger partial charge >= 0.3 is 0 Å². The summed E-state index contributed by atoms with van der Waals surface area (Å²) in [5.74, 6) is 0.799. The van der Waals surface area contributed by atoms with Gasteiger partial charge in [0.25, 0.3) is 0 Å². The Morgan fingerprint density at radius 1 is 1.41 bits per heavy atom. The molecule has 6 heteroatoms. The van der Waals surface area contributed by atoms with Gasteiger partial charge in [-0.2, -0.15) is 5.10 Å². The number of ether oxygens (including phenoxy) is 1. The molecule has 1 fully saturated rings. The van der Waals surface area contributed by atoms with Gasteiger partial charge in [-0.05, 0) is 42.7 Å². The number of amides is 1. The minimum absolute atomic E-state index is 0.0451. The van der Waals surface area contributed by atoms with Gasteiger partial charge < -0.3 is 10.1 Å². The summed E-state index contributed by atoms with van der Waals surface area (Å²) >= 11 is 1.37. The van der Waals surface area contributed by atoms with Crippen molar-refractivity contribution < 1.29 is 9.53 Å². The average molecular weight is 317 g/mol. The fraction of sp³-hybridized carbons (Fsp3) is 0.312. The van der Waals surface area contributed by atoms with Crippen LogP contribution in [0.2, 0.25) is 0 Å². The Labute approximate surface area is 134 Å². The van der Waals surface area contributed by atoms with Crippen molar-refractivity contribution >= 4 is 29.1 Å². The van der Waals surface area contributed by atoms with Gasteiger partial charge in [0.1, 0.15) is 5.75 Å². The SMILES string of the molecule is C=CC[C@@H]1S/C(=N/N=C/c2ccc(OCCC)cc2)NC1=O. The number of hydrogen-bond donors (Lipinski definition) is 1. The molecule has 1 saturated heterocycles. The zero-order valence-electron chi connectivity index (χ0n) is 12.5. The predicted octanol–water partition coefficient (Wildman–Crippen LogP) is 2.97. The second kappa shape index (κ2) is 8.38. The van der Waals surface area contributed by atoms with Crippen molar-refractivity contribution in [1.82, 2.24) is 5.32 Å². The Hall–Kier alpha value is -2.08. The fourth-order valence-corrected chi connectivity index (χ4v) is 2.70. The van der Waals surface area contributed by atoms with Gasteiger partial charge in [0, 0.05) is 0 Å². The van der Waals surface area contributed by atoms with Crippen molar-refractivity contribution in [3.05, 3.63) is 42.5 Å². The number of hydrogen-bond acceptors (Lipinski definition) is 5. The number of amidine groups is 1. The van der Waals surface area contributed by atoms with E-state index in [2.05, 4.69) is 29.0 Å². The first kappa shape index (κ1) is 16.3. The summed E-state index contributed by atoms with van der Waals surface area (Å²) in [4.78, 5) is 11.6. The van der Waals surface area contributed by atoms with Gasteiger partial charge in [-0.3, -0.25) is 4.79 Å². The summed E-state index contributed by atoms with van der Waals surface area (Å²) in [5, 5.41) is 11.1. The average Bonchev–Trinajstić information content (AvgIpc) is 2.87. The summed E-state index contributed by atoms with van der Waals surface area (Å²) in [6.07, 6.45) is 4.98. The number of rotatable bonds is 7. The summed E-state index contributed by atoms with van der Waals surface area (Å²) in [6.45, 7) is 6.42. The van der Waals surface area contributed by atoms with E-state index in [-0.39, 0.29) is 11.2 Å². The highest BCUT2D eigenvalue weighted by Gasteiger charge is 2.28. The molecule has 1 heterocycles. The third kappa shape index (κ3) is 4.73. The minimum atomic E-state index is -0.151. The topological polar surface area (TPSA) is 63.1 Å². The lowest BCUT2D eigenvalue weighted by atomic mass is 10.2. The largest absolute Gasteiger partial charge is 0.494 e. The molecule has 1 amide bonds. The number of thioether (sulfide) groups is 1. The first-order valence-corrected chi connectivity index (χ1v) is 8.03. The van der Waals surface area contributed by atoms with Crippen LogP contribution in [0.3, 0.4) is 0 Å². The quantitative estimate of drug-likeness (QED) is 0.478. The Balaban J connectivity index is 1.90. The van der Waals surface area contributed by atoms with Crippen LogP contribution >= 0.6 is 11.8 Å². The third-order valence-electron chi connectivity index (χ3n) is 2.87. The van der Waals surface area contributed by atoms with Gasteiger partial charge in [-0.25, -0.2) is 0 Å². The van der Waals surface area contributed by atoms with E-state index in [1.54, 1.807) is 12.3 Å². The number of nitrogens with zero attached hydrogens (tertiary/aromatic N) is 2. The molecule has 1 aromatic rings. The molecule has 0 radical (unpaired) electrons. The molecule has 0 saturated carbocycles. The number of nitrogens with one attached hydrogen (secondary N) is 1. The van der Waals surface area contributed by atoms with Crippen molar-refractivity contribution in [1.29, 1.82) is 0 Å². The highest BCUT2D eigenvalue weighted by Crippen LogP contribution is 2.22. The van der Waals surface area contributed by atoms with Crippen LogP contribution in [0.15, 0.2) is 47.1 Å². The van der Waals surface area contributed by atoms with E-state index in [4.69, 9.17) is 4.74 Å². The molecular formula is C16H19N3O2S. The molecule has 0 bridgehead atoms. The summed E-state index contributed by atoms with van der Waals surface area (Å²) < 4.78 is 5.51. The number of carbonyl (C=O) groups is 1. The van der Waals surface area contributed by atoms with Gasteiger partial charge in [-0.15, -0.1) is 11.7 Å². The van der Waals surface area contributed by atoms with Gasteiger partial charge in [0.15, 0.2) is 5.17 Å². The number of benzene rings is 1. The lowest BCUT2D eigenvalue weighted by molar-refractivity contribution is -0.118. The van der Waals surface area contributed by atoms with Crippen molar-refractivity contribution in [3.63, 3.8) is 0 Å². The highest BCUT2D eigenvalue weighted by atomic mass is 32.2. The second-order valence-corrected chi connectivity index (χ2v) is 5.88. The van der Waals surface area contributed by atoms with E-state index >= 15 is 0 Å². The summed E-state index contributed by atoms with van der Waals surface area (Å²) in [7, 11) is 0. The maximum Gasteiger partial charge on any atom is 0.239 e. The van der Waals surface area contributed by atoms with E-state index in [9.17, 15) is 4.79 Å². The zero-order valence-corrected chi connectivity index (χ0v) is 13.3. The molecule has 1 aliphatic rings. The number of carbonyl (C=O) groups excluding carboxylic acids is 1. The molecule has 0 unspecified atom stereocenters. The zero-order chi connectivity index (χ0) is 15.8. The maximum atomic E-state index is 11.6. The van der Waals surface area contributed by atoms with Gasteiger partial charge in [0.2, 0.25) is 5.91 Å². The minimum Gasteiger partial charge on any atom is -0.494 e. The van der Waals surface area contributed by atoms with Gasteiger partial charge in [0.05, 0.1) is 18.1 Å². The predicted molar refractivity (Wildman–Crippen MR) is 91.6 cm³/mol.